The van der Waals surface area contributed by atoms with Gasteiger partial charge in [-0.15, -0.1) is 0 Å². The third-order valence-corrected chi connectivity index (χ3v) is 8.87. The van der Waals surface area contributed by atoms with Crippen LogP contribution in [0.25, 0.3) is 33.8 Å². The second kappa shape index (κ2) is 11.7. The second-order valence-corrected chi connectivity index (χ2v) is 12.2. The first-order valence-electron chi connectivity index (χ1n) is 15.1. The van der Waals surface area contributed by atoms with E-state index in [0.717, 1.165) is 60.3 Å². The molecule has 2 N–H and O–H groups in total. The summed E-state index contributed by atoms with van der Waals surface area (Å²) in [5.41, 5.74) is 12.0. The van der Waals surface area contributed by atoms with Gasteiger partial charge in [0, 0.05) is 27.3 Å². The fourth-order valence-electron chi connectivity index (χ4n) is 6.11. The molecule has 4 nitrogen and oxygen atoms in total. The molecule has 8 rings (SSSR count). The third-order valence-electron chi connectivity index (χ3n) is 8.41. The summed E-state index contributed by atoms with van der Waals surface area (Å²) >= 11 is 3.81. The third kappa shape index (κ3) is 5.47. The molecule has 2 unspecified atom stereocenters. The maximum Gasteiger partial charge on any atom is 0.145 e. The number of pyridine rings is 1. The minimum absolute atomic E-state index is 0.0115. The van der Waals surface area contributed by atoms with Gasteiger partial charge in [0.2, 0.25) is 0 Å². The number of aliphatic imine (C=N–C) groups is 1. The lowest BCUT2D eigenvalue weighted by Crippen LogP contribution is -2.25. The van der Waals surface area contributed by atoms with Crippen molar-refractivity contribution in [3.05, 3.63) is 178 Å². The topological polar surface area (TPSA) is 49.3 Å². The van der Waals surface area contributed by atoms with Gasteiger partial charge in [-0.2, -0.15) is 0 Å². The highest BCUT2D eigenvalue weighted by Gasteiger charge is 2.22. The van der Waals surface area contributed by atoms with Crippen LogP contribution in [0.1, 0.15) is 40.0 Å². The zero-order valence-electron chi connectivity index (χ0n) is 24.4. The molecule has 45 heavy (non-hydrogen) atoms. The molecule has 6 aromatic rings. The van der Waals surface area contributed by atoms with E-state index in [2.05, 4.69) is 159 Å². The van der Waals surface area contributed by atoms with Crippen LogP contribution < -0.4 is 10.6 Å². The minimum atomic E-state index is -0.213. The highest BCUT2D eigenvalue weighted by molar-refractivity contribution is 9.10. The summed E-state index contributed by atoms with van der Waals surface area (Å²) in [6, 6.07) is 44.6. The average Bonchev–Trinajstić information content (AvgIpc) is 3.11. The van der Waals surface area contributed by atoms with Crippen LogP contribution in [0, 0.1) is 0 Å². The van der Waals surface area contributed by atoms with Crippen molar-refractivity contribution in [1.82, 2.24) is 10.3 Å². The molecule has 0 bridgehead atoms. The largest absolute Gasteiger partial charge is 0.372 e. The molecule has 0 fully saturated rings. The van der Waals surface area contributed by atoms with Crippen molar-refractivity contribution in [2.75, 3.05) is 5.32 Å². The number of hydrogen-bond donors (Lipinski definition) is 2. The van der Waals surface area contributed by atoms with Gasteiger partial charge in [0.25, 0.3) is 0 Å². The van der Waals surface area contributed by atoms with Gasteiger partial charge < -0.3 is 10.6 Å². The molecule has 2 aliphatic heterocycles. The van der Waals surface area contributed by atoms with E-state index in [4.69, 9.17) is 4.99 Å². The number of halogens is 1. The zero-order valence-corrected chi connectivity index (χ0v) is 25.9. The molecule has 0 aliphatic carbocycles. The van der Waals surface area contributed by atoms with Crippen LogP contribution in [0.4, 0.5) is 5.69 Å². The lowest BCUT2D eigenvalue weighted by Gasteiger charge is -2.26. The number of benzene rings is 5. The van der Waals surface area contributed by atoms with Crippen molar-refractivity contribution >= 4 is 50.0 Å². The molecule has 2 aliphatic rings. The van der Waals surface area contributed by atoms with E-state index in [0.29, 0.717) is 0 Å². The van der Waals surface area contributed by atoms with E-state index < -0.39 is 0 Å². The Bertz CT molecular complexity index is 2120. The monoisotopic (exact) mass is 644 g/mol. The summed E-state index contributed by atoms with van der Waals surface area (Å²) in [4.78, 5) is 9.92. The number of nitrogens with zero attached hydrogens (tertiary/aromatic N) is 2. The smallest absolute Gasteiger partial charge is 0.145 e. The first-order chi connectivity index (χ1) is 22.2. The Kier molecular flexibility index (Phi) is 7.08. The van der Waals surface area contributed by atoms with E-state index >= 15 is 0 Å². The van der Waals surface area contributed by atoms with E-state index in [-0.39, 0.29) is 12.2 Å². The number of allylic oxidation sites excluding steroid dienone is 1. The first kappa shape index (κ1) is 27.3. The zero-order chi connectivity index (χ0) is 30.2. The number of rotatable bonds is 5. The summed E-state index contributed by atoms with van der Waals surface area (Å²) in [5.74, 6) is 0. The molecule has 216 valence electrons. The molecule has 0 amide bonds. The highest BCUT2D eigenvalue weighted by atomic mass is 79.9. The summed E-state index contributed by atoms with van der Waals surface area (Å²) in [7, 11) is 0. The number of fused-ring (bicyclic) bond motifs is 3. The Hall–Kier alpha value is -5.26. The summed E-state index contributed by atoms with van der Waals surface area (Å²) in [5, 5.41) is 8.58. The Morgan fingerprint density at radius 1 is 0.622 bits per heavy atom. The minimum Gasteiger partial charge on any atom is -0.372 e. The van der Waals surface area contributed by atoms with Gasteiger partial charge in [-0.25, -0.2) is 0 Å². The Labute approximate surface area is 271 Å². The molecule has 2 atom stereocenters. The first-order valence-corrected chi connectivity index (χ1v) is 15.9. The standard InChI is InChI=1S/C40H29BrN4/c41-34-23-32(35-20-19-30-18-17-29-12-7-21-42-38(29)39(30)43-35)22-33(24-34)37-25-36(44-40(45-37)31-10-5-2-6-11-31)28-15-13-27(14-16-28)26-8-3-1-4-9-26/h1-25,35,40,43-44H. The Balaban J connectivity index is 1.17. The molecular weight excluding hydrogens is 616 g/mol. The quantitative estimate of drug-likeness (QED) is 0.196. The van der Waals surface area contributed by atoms with E-state index in [1.54, 1.807) is 0 Å². The maximum atomic E-state index is 5.23. The fourth-order valence-corrected chi connectivity index (χ4v) is 6.62. The molecule has 5 aromatic carbocycles. The van der Waals surface area contributed by atoms with Gasteiger partial charge >= 0.3 is 0 Å². The Morgan fingerprint density at radius 3 is 2.20 bits per heavy atom. The number of anilines is 1. The van der Waals surface area contributed by atoms with Crippen molar-refractivity contribution in [3.63, 3.8) is 0 Å². The number of aromatic nitrogens is 1. The predicted octanol–water partition coefficient (Wildman–Crippen LogP) is 9.98. The van der Waals surface area contributed by atoms with Crippen molar-refractivity contribution in [3.8, 4) is 11.1 Å². The lowest BCUT2D eigenvalue weighted by molar-refractivity contribution is 0.664. The van der Waals surface area contributed by atoms with Crippen LogP contribution in [-0.2, 0) is 0 Å². The van der Waals surface area contributed by atoms with Crippen LogP contribution in [0.2, 0.25) is 0 Å². The Morgan fingerprint density at radius 2 is 1.38 bits per heavy atom. The van der Waals surface area contributed by atoms with Crippen LogP contribution in [0.5, 0.6) is 0 Å². The summed E-state index contributed by atoms with van der Waals surface area (Å²) in [6.45, 7) is 0. The van der Waals surface area contributed by atoms with Crippen LogP contribution in [-0.4, -0.2) is 10.7 Å². The fraction of sp³-hybridized carbons (Fsp3) is 0.0500. The van der Waals surface area contributed by atoms with Gasteiger partial charge in [-0.1, -0.05) is 131 Å². The highest BCUT2D eigenvalue weighted by Crippen LogP contribution is 2.36. The number of nitrogens with one attached hydrogen (secondary N) is 2. The summed E-state index contributed by atoms with van der Waals surface area (Å²) in [6.07, 6.45) is 8.21. The average molecular weight is 646 g/mol. The van der Waals surface area contributed by atoms with Crippen molar-refractivity contribution < 1.29 is 0 Å². The van der Waals surface area contributed by atoms with E-state index in [1.807, 2.05) is 24.4 Å². The molecule has 5 heteroatoms. The molecule has 0 saturated heterocycles. The van der Waals surface area contributed by atoms with Gasteiger partial charge in [-0.3, -0.25) is 9.98 Å². The van der Waals surface area contributed by atoms with Gasteiger partial charge in [0.1, 0.15) is 6.17 Å². The lowest BCUT2D eigenvalue weighted by atomic mass is 9.95. The molecule has 3 heterocycles. The van der Waals surface area contributed by atoms with Gasteiger partial charge in [0.15, 0.2) is 0 Å². The van der Waals surface area contributed by atoms with Crippen LogP contribution in [0.3, 0.4) is 0 Å². The molecule has 0 saturated carbocycles. The van der Waals surface area contributed by atoms with Crippen LogP contribution in [0.15, 0.2) is 155 Å². The maximum absolute atomic E-state index is 5.23. The molecule has 1 aromatic heterocycles. The molecular formula is C40H29BrN4. The number of hydrogen-bond acceptors (Lipinski definition) is 4. The normalized spacial score (nSPS) is 17.1. The van der Waals surface area contributed by atoms with E-state index in [1.165, 1.54) is 11.1 Å². The van der Waals surface area contributed by atoms with Crippen molar-refractivity contribution in [2.45, 2.75) is 12.2 Å². The van der Waals surface area contributed by atoms with Crippen LogP contribution >= 0.6 is 15.9 Å². The van der Waals surface area contributed by atoms with Crippen molar-refractivity contribution in [2.24, 2.45) is 4.99 Å². The molecule has 0 radical (unpaired) electrons. The summed E-state index contributed by atoms with van der Waals surface area (Å²) < 4.78 is 1.01. The SMILES string of the molecule is Brc1cc(C2=NC(c3ccccc3)NC(c3ccc(-c4ccccc4)cc3)=C2)cc(C2C=Cc3ccc4cccnc4c3N2)c1. The van der Waals surface area contributed by atoms with Crippen molar-refractivity contribution in [1.29, 1.82) is 0 Å². The second-order valence-electron chi connectivity index (χ2n) is 11.3. The van der Waals surface area contributed by atoms with Gasteiger partial charge in [0.05, 0.1) is 23.0 Å². The van der Waals surface area contributed by atoms with Gasteiger partial charge in [-0.05, 0) is 63.7 Å². The molecule has 0 spiro atoms. The predicted molar refractivity (Wildman–Crippen MR) is 190 cm³/mol. The van der Waals surface area contributed by atoms with E-state index in [9.17, 15) is 0 Å².